The summed E-state index contributed by atoms with van der Waals surface area (Å²) in [5.74, 6) is 1.22. The van der Waals surface area contributed by atoms with Crippen LogP contribution in [0.2, 0.25) is 0 Å². The third-order valence-corrected chi connectivity index (χ3v) is 3.01. The predicted octanol–water partition coefficient (Wildman–Crippen LogP) is 3.49. The SMILES string of the molecule is CC(=O)CCc1ccc(OCc2cccc(O)c2)cc1. The van der Waals surface area contributed by atoms with Crippen LogP contribution >= 0.6 is 0 Å². The molecule has 20 heavy (non-hydrogen) atoms. The summed E-state index contributed by atoms with van der Waals surface area (Å²) in [4.78, 5) is 10.9. The summed E-state index contributed by atoms with van der Waals surface area (Å²) in [6.45, 7) is 2.02. The zero-order valence-corrected chi connectivity index (χ0v) is 11.5. The molecule has 104 valence electrons. The Morgan fingerprint density at radius 1 is 1.10 bits per heavy atom. The monoisotopic (exact) mass is 270 g/mol. The van der Waals surface area contributed by atoms with Gasteiger partial charge in [-0.3, -0.25) is 0 Å². The van der Waals surface area contributed by atoms with Gasteiger partial charge in [-0.05, 0) is 48.7 Å². The molecule has 0 atom stereocenters. The van der Waals surface area contributed by atoms with Crippen molar-refractivity contribution < 1.29 is 14.6 Å². The van der Waals surface area contributed by atoms with Gasteiger partial charge in [0.25, 0.3) is 0 Å². The number of aryl methyl sites for hydroxylation is 1. The summed E-state index contributed by atoms with van der Waals surface area (Å²) in [7, 11) is 0. The van der Waals surface area contributed by atoms with Crippen molar-refractivity contribution >= 4 is 5.78 Å². The molecular weight excluding hydrogens is 252 g/mol. The first-order valence-corrected chi connectivity index (χ1v) is 6.62. The van der Waals surface area contributed by atoms with Crippen LogP contribution in [0.3, 0.4) is 0 Å². The number of carbonyl (C=O) groups excluding carboxylic acids is 1. The Hall–Kier alpha value is -2.29. The molecule has 2 rings (SSSR count). The first-order valence-electron chi connectivity index (χ1n) is 6.62. The van der Waals surface area contributed by atoms with Gasteiger partial charge in [0.1, 0.15) is 23.9 Å². The molecule has 0 fully saturated rings. The fourth-order valence-electron chi connectivity index (χ4n) is 1.89. The predicted molar refractivity (Wildman–Crippen MR) is 77.9 cm³/mol. The van der Waals surface area contributed by atoms with Gasteiger partial charge in [-0.2, -0.15) is 0 Å². The Kier molecular flexibility index (Phi) is 4.77. The molecule has 0 radical (unpaired) electrons. The first-order chi connectivity index (χ1) is 9.63. The molecule has 0 saturated carbocycles. The third kappa shape index (κ3) is 4.43. The molecule has 1 N–H and O–H groups in total. The molecule has 2 aromatic carbocycles. The fraction of sp³-hybridized carbons (Fsp3) is 0.235. The average Bonchev–Trinajstić information content (AvgIpc) is 2.44. The zero-order chi connectivity index (χ0) is 14.4. The van der Waals surface area contributed by atoms with Crippen molar-refractivity contribution in [2.24, 2.45) is 0 Å². The lowest BCUT2D eigenvalue weighted by atomic mass is 10.1. The number of hydrogen-bond donors (Lipinski definition) is 1. The van der Waals surface area contributed by atoms with Crippen LogP contribution in [0, 0.1) is 0 Å². The van der Waals surface area contributed by atoms with Gasteiger partial charge >= 0.3 is 0 Å². The first kappa shape index (κ1) is 14.1. The lowest BCUT2D eigenvalue weighted by Crippen LogP contribution is -1.96. The summed E-state index contributed by atoms with van der Waals surface area (Å²) in [5.41, 5.74) is 2.05. The lowest BCUT2D eigenvalue weighted by molar-refractivity contribution is -0.116. The molecule has 0 aliphatic rings. The van der Waals surface area contributed by atoms with Gasteiger partial charge in [0.2, 0.25) is 0 Å². The number of benzene rings is 2. The molecule has 0 amide bonds. The number of rotatable bonds is 6. The summed E-state index contributed by atoms with van der Waals surface area (Å²) < 4.78 is 5.65. The van der Waals surface area contributed by atoms with E-state index in [1.165, 1.54) is 0 Å². The molecule has 0 aliphatic heterocycles. The number of phenols is 1. The van der Waals surface area contributed by atoms with Gasteiger partial charge in [0, 0.05) is 6.42 Å². The Labute approximate surface area is 118 Å². The highest BCUT2D eigenvalue weighted by Crippen LogP contribution is 2.17. The lowest BCUT2D eigenvalue weighted by Gasteiger charge is -2.07. The van der Waals surface area contributed by atoms with Gasteiger partial charge < -0.3 is 14.6 Å². The van der Waals surface area contributed by atoms with Crippen molar-refractivity contribution in [1.82, 2.24) is 0 Å². The molecule has 2 aromatic rings. The highest BCUT2D eigenvalue weighted by Gasteiger charge is 2.00. The number of ketones is 1. The van der Waals surface area contributed by atoms with E-state index in [1.54, 1.807) is 25.1 Å². The van der Waals surface area contributed by atoms with Crippen LogP contribution in [0.1, 0.15) is 24.5 Å². The number of aromatic hydroxyl groups is 1. The molecule has 0 aromatic heterocycles. The van der Waals surface area contributed by atoms with E-state index in [9.17, 15) is 9.90 Å². The molecule has 0 heterocycles. The van der Waals surface area contributed by atoms with Crippen LogP contribution in [-0.4, -0.2) is 10.9 Å². The second-order valence-electron chi connectivity index (χ2n) is 4.80. The van der Waals surface area contributed by atoms with Gasteiger partial charge in [-0.1, -0.05) is 24.3 Å². The van der Waals surface area contributed by atoms with Crippen molar-refractivity contribution in [2.45, 2.75) is 26.4 Å². The van der Waals surface area contributed by atoms with E-state index in [1.807, 2.05) is 30.3 Å². The fourth-order valence-corrected chi connectivity index (χ4v) is 1.89. The Morgan fingerprint density at radius 3 is 2.50 bits per heavy atom. The second-order valence-corrected chi connectivity index (χ2v) is 4.80. The van der Waals surface area contributed by atoms with Gasteiger partial charge in [0.15, 0.2) is 0 Å². The van der Waals surface area contributed by atoms with Crippen molar-refractivity contribution in [1.29, 1.82) is 0 Å². The molecule has 0 bridgehead atoms. The van der Waals surface area contributed by atoms with E-state index >= 15 is 0 Å². The van der Waals surface area contributed by atoms with E-state index < -0.39 is 0 Å². The Bertz CT molecular complexity index is 573. The third-order valence-electron chi connectivity index (χ3n) is 3.01. The van der Waals surface area contributed by atoms with Crippen molar-refractivity contribution in [2.75, 3.05) is 0 Å². The summed E-state index contributed by atoms with van der Waals surface area (Å²) in [6, 6.07) is 14.8. The zero-order valence-electron chi connectivity index (χ0n) is 11.5. The maximum Gasteiger partial charge on any atom is 0.130 e. The number of Topliss-reactive ketones (excluding diaryl/α,β-unsaturated/α-hetero) is 1. The van der Waals surface area contributed by atoms with Crippen LogP contribution in [-0.2, 0) is 17.8 Å². The minimum atomic E-state index is 0.203. The van der Waals surface area contributed by atoms with Crippen LogP contribution in [0.4, 0.5) is 0 Å². The van der Waals surface area contributed by atoms with E-state index in [0.717, 1.165) is 23.3 Å². The van der Waals surface area contributed by atoms with E-state index in [2.05, 4.69) is 0 Å². The van der Waals surface area contributed by atoms with Gasteiger partial charge in [0.05, 0.1) is 0 Å². The maximum absolute atomic E-state index is 10.9. The average molecular weight is 270 g/mol. The highest BCUT2D eigenvalue weighted by atomic mass is 16.5. The summed E-state index contributed by atoms with van der Waals surface area (Å²) in [6.07, 6.45) is 1.34. The van der Waals surface area contributed by atoms with E-state index in [0.29, 0.717) is 13.0 Å². The van der Waals surface area contributed by atoms with Crippen molar-refractivity contribution in [3.63, 3.8) is 0 Å². The highest BCUT2D eigenvalue weighted by molar-refractivity contribution is 5.75. The van der Waals surface area contributed by atoms with Crippen LogP contribution in [0.5, 0.6) is 11.5 Å². The number of phenolic OH excluding ortho intramolecular Hbond substituents is 1. The minimum absolute atomic E-state index is 0.203. The van der Waals surface area contributed by atoms with Crippen molar-refractivity contribution in [3.8, 4) is 11.5 Å². The maximum atomic E-state index is 10.9. The van der Waals surface area contributed by atoms with Gasteiger partial charge in [-0.15, -0.1) is 0 Å². The van der Waals surface area contributed by atoms with Crippen LogP contribution in [0.15, 0.2) is 48.5 Å². The number of ether oxygens (including phenoxy) is 1. The Morgan fingerprint density at radius 2 is 1.85 bits per heavy atom. The molecule has 0 saturated heterocycles. The summed E-state index contributed by atoms with van der Waals surface area (Å²) in [5, 5.41) is 9.37. The largest absolute Gasteiger partial charge is 0.508 e. The molecule has 0 aliphatic carbocycles. The molecule has 3 heteroatoms. The van der Waals surface area contributed by atoms with E-state index in [4.69, 9.17) is 4.74 Å². The van der Waals surface area contributed by atoms with E-state index in [-0.39, 0.29) is 11.5 Å². The summed E-state index contributed by atoms with van der Waals surface area (Å²) >= 11 is 0. The van der Waals surface area contributed by atoms with Gasteiger partial charge in [-0.25, -0.2) is 0 Å². The minimum Gasteiger partial charge on any atom is -0.508 e. The standard InChI is InChI=1S/C17H18O3/c1-13(18)5-6-14-7-9-17(10-8-14)20-12-15-3-2-4-16(19)11-15/h2-4,7-11,19H,5-6,12H2,1H3. The second kappa shape index (κ2) is 6.75. The number of carbonyl (C=O) groups is 1. The van der Waals surface area contributed by atoms with Crippen LogP contribution < -0.4 is 4.74 Å². The Balaban J connectivity index is 1.89. The topological polar surface area (TPSA) is 46.5 Å². The quantitative estimate of drug-likeness (QED) is 0.874. The van der Waals surface area contributed by atoms with Crippen LogP contribution in [0.25, 0.3) is 0 Å². The normalized spacial score (nSPS) is 10.2. The van der Waals surface area contributed by atoms with Crippen molar-refractivity contribution in [3.05, 3.63) is 59.7 Å². The molecule has 0 unspecified atom stereocenters. The molecular formula is C17H18O3. The number of hydrogen-bond acceptors (Lipinski definition) is 3. The smallest absolute Gasteiger partial charge is 0.130 e. The molecule has 3 nitrogen and oxygen atoms in total. The molecule has 0 spiro atoms.